The van der Waals surface area contributed by atoms with Crippen molar-refractivity contribution in [1.82, 2.24) is 0 Å². The molecule has 8 heteroatoms. The Kier molecular flexibility index (Phi) is 6.81. The van der Waals surface area contributed by atoms with Gasteiger partial charge in [0, 0.05) is 10.6 Å². The topological polar surface area (TPSA) is 99.0 Å². The average Bonchev–Trinajstić information content (AvgIpc) is 2.76. The third-order valence-corrected chi connectivity index (χ3v) is 4.90. The van der Waals surface area contributed by atoms with Gasteiger partial charge in [-0.3, -0.25) is 10.1 Å². The molecule has 0 unspecified atom stereocenters. The molecule has 0 bridgehead atoms. The summed E-state index contributed by atoms with van der Waals surface area (Å²) in [5.74, 6) is -1.60. The highest BCUT2D eigenvalue weighted by atomic mass is 16.6. The Hall–Kier alpha value is -3.94. The van der Waals surface area contributed by atoms with Crippen molar-refractivity contribution in [3.05, 3.63) is 99.8 Å². The smallest absolute Gasteiger partial charge is 0.419 e. The number of nitrogens with zero attached hydrogens (tertiary/aromatic N) is 2. The van der Waals surface area contributed by atoms with Crippen molar-refractivity contribution in [3.63, 3.8) is 0 Å². The minimum atomic E-state index is -0.860. The second-order valence-corrected chi connectivity index (χ2v) is 6.89. The third kappa shape index (κ3) is 4.80. The maximum Gasteiger partial charge on any atom is 0.419 e. The predicted octanol–water partition coefficient (Wildman–Crippen LogP) is 4.21. The first kappa shape index (κ1) is 21.8. The predicted molar refractivity (Wildman–Crippen MR) is 114 cm³/mol. The van der Waals surface area contributed by atoms with Crippen LogP contribution < -0.4 is 4.90 Å². The van der Waals surface area contributed by atoms with E-state index in [1.54, 1.807) is 31.2 Å². The second kappa shape index (κ2) is 9.71. The SMILES string of the molecule is C=CCOC(=O)C1=C(C)N(C(=O)OCc2ccccc2)c2ccccc2[C@H]1C[N+](=O)[O-]. The van der Waals surface area contributed by atoms with Crippen LogP contribution in [-0.4, -0.2) is 30.1 Å². The van der Waals surface area contributed by atoms with Crippen molar-refractivity contribution in [2.75, 3.05) is 18.1 Å². The van der Waals surface area contributed by atoms with Crippen molar-refractivity contribution in [1.29, 1.82) is 0 Å². The largest absolute Gasteiger partial charge is 0.458 e. The van der Waals surface area contributed by atoms with Crippen LogP contribution in [-0.2, 0) is 20.9 Å². The summed E-state index contributed by atoms with van der Waals surface area (Å²) >= 11 is 0. The molecule has 160 valence electrons. The van der Waals surface area contributed by atoms with Crippen LogP contribution in [0.15, 0.2) is 78.5 Å². The quantitative estimate of drug-likeness (QED) is 0.287. The number of nitro groups is 1. The van der Waals surface area contributed by atoms with E-state index >= 15 is 0 Å². The number of rotatable bonds is 7. The Bertz CT molecular complexity index is 1030. The van der Waals surface area contributed by atoms with Crippen molar-refractivity contribution < 1.29 is 24.0 Å². The fourth-order valence-corrected chi connectivity index (χ4v) is 3.55. The molecule has 1 aliphatic heterocycles. The van der Waals surface area contributed by atoms with Gasteiger partial charge in [0.05, 0.1) is 17.2 Å². The molecule has 1 atom stereocenters. The summed E-state index contributed by atoms with van der Waals surface area (Å²) in [6.45, 7) is 4.54. The maximum absolute atomic E-state index is 13.0. The van der Waals surface area contributed by atoms with E-state index in [4.69, 9.17) is 9.47 Å². The molecule has 0 aliphatic carbocycles. The summed E-state index contributed by atoms with van der Waals surface area (Å²) in [7, 11) is 0. The standard InChI is InChI=1S/C23H22N2O6/c1-3-13-30-22(26)21-16(2)25(23(27)31-15-17-9-5-4-6-10-17)20-12-8-7-11-18(20)19(21)14-24(28)29/h3-12,19H,1,13-15H2,2H3/t19-/m1/s1. The number of para-hydroxylation sites is 1. The molecule has 1 amide bonds. The molecule has 0 fully saturated rings. The lowest BCUT2D eigenvalue weighted by Gasteiger charge is -2.34. The number of fused-ring (bicyclic) bond motifs is 1. The Morgan fingerprint density at radius 3 is 2.48 bits per heavy atom. The maximum atomic E-state index is 13.0. The molecule has 0 N–H and O–H groups in total. The normalized spacial score (nSPS) is 15.1. The van der Waals surface area contributed by atoms with Crippen LogP contribution in [0, 0.1) is 10.1 Å². The van der Waals surface area contributed by atoms with Gasteiger partial charge in [-0.2, -0.15) is 0 Å². The van der Waals surface area contributed by atoms with Gasteiger partial charge in [0.25, 0.3) is 0 Å². The van der Waals surface area contributed by atoms with Crippen molar-refractivity contribution in [2.45, 2.75) is 19.4 Å². The lowest BCUT2D eigenvalue weighted by molar-refractivity contribution is -0.481. The summed E-state index contributed by atoms with van der Waals surface area (Å²) in [5, 5.41) is 11.4. The monoisotopic (exact) mass is 422 g/mol. The first-order valence-electron chi connectivity index (χ1n) is 9.64. The molecule has 1 aliphatic rings. The van der Waals surface area contributed by atoms with Gasteiger partial charge < -0.3 is 9.47 Å². The van der Waals surface area contributed by atoms with E-state index in [0.717, 1.165) is 5.56 Å². The number of esters is 1. The van der Waals surface area contributed by atoms with Gasteiger partial charge in [0.2, 0.25) is 6.54 Å². The van der Waals surface area contributed by atoms with E-state index < -0.39 is 29.4 Å². The zero-order chi connectivity index (χ0) is 22.4. The van der Waals surface area contributed by atoms with Crippen LogP contribution in [0.4, 0.5) is 10.5 Å². The molecule has 0 aromatic heterocycles. The van der Waals surface area contributed by atoms with Crippen LogP contribution in [0.1, 0.15) is 24.0 Å². The number of amides is 1. The van der Waals surface area contributed by atoms with E-state index in [9.17, 15) is 19.7 Å². The van der Waals surface area contributed by atoms with Crippen molar-refractivity contribution >= 4 is 17.7 Å². The molecule has 1 heterocycles. The Morgan fingerprint density at radius 1 is 1.13 bits per heavy atom. The first-order valence-corrected chi connectivity index (χ1v) is 9.64. The van der Waals surface area contributed by atoms with Gasteiger partial charge in [-0.25, -0.2) is 14.5 Å². The summed E-state index contributed by atoms with van der Waals surface area (Å²) in [5.41, 5.74) is 2.00. The number of carbonyl (C=O) groups excluding carboxylic acids is 2. The van der Waals surface area contributed by atoms with E-state index in [2.05, 4.69) is 6.58 Å². The molecule has 0 radical (unpaired) electrons. The van der Waals surface area contributed by atoms with Gasteiger partial charge in [-0.05, 0) is 24.1 Å². The van der Waals surface area contributed by atoms with Crippen LogP contribution in [0.25, 0.3) is 0 Å². The Labute approximate surface area is 179 Å². The number of hydrogen-bond donors (Lipinski definition) is 0. The van der Waals surface area contributed by atoms with Crippen LogP contribution in [0.3, 0.4) is 0 Å². The molecule has 0 saturated carbocycles. The number of ether oxygens (including phenoxy) is 2. The Morgan fingerprint density at radius 2 is 1.81 bits per heavy atom. The highest BCUT2D eigenvalue weighted by Gasteiger charge is 2.40. The molecule has 2 aromatic carbocycles. The number of allylic oxidation sites excluding steroid dienone is 1. The first-order chi connectivity index (χ1) is 14.9. The van der Waals surface area contributed by atoms with E-state index in [0.29, 0.717) is 11.3 Å². The number of hydrogen-bond acceptors (Lipinski definition) is 6. The fourth-order valence-electron chi connectivity index (χ4n) is 3.55. The van der Waals surface area contributed by atoms with E-state index in [-0.39, 0.29) is 24.5 Å². The highest BCUT2D eigenvalue weighted by molar-refractivity contribution is 6.00. The zero-order valence-corrected chi connectivity index (χ0v) is 17.0. The van der Waals surface area contributed by atoms with Gasteiger partial charge >= 0.3 is 12.1 Å². The summed E-state index contributed by atoms with van der Waals surface area (Å²) in [6, 6.07) is 15.9. The van der Waals surface area contributed by atoms with E-state index in [1.165, 1.54) is 11.0 Å². The van der Waals surface area contributed by atoms with Crippen molar-refractivity contribution in [2.24, 2.45) is 0 Å². The van der Waals surface area contributed by atoms with Gasteiger partial charge in [0.15, 0.2) is 0 Å². The van der Waals surface area contributed by atoms with Crippen LogP contribution >= 0.6 is 0 Å². The number of benzene rings is 2. The molecule has 0 spiro atoms. The minimum Gasteiger partial charge on any atom is -0.458 e. The van der Waals surface area contributed by atoms with Crippen LogP contribution in [0.2, 0.25) is 0 Å². The summed E-state index contributed by atoms with van der Waals surface area (Å²) < 4.78 is 10.6. The lowest BCUT2D eigenvalue weighted by Crippen LogP contribution is -2.38. The molecule has 0 saturated heterocycles. The molecule has 31 heavy (non-hydrogen) atoms. The lowest BCUT2D eigenvalue weighted by atomic mass is 9.85. The zero-order valence-electron chi connectivity index (χ0n) is 17.0. The Balaban J connectivity index is 2.01. The summed E-state index contributed by atoms with van der Waals surface area (Å²) in [4.78, 5) is 37.9. The minimum absolute atomic E-state index is 0.0419. The van der Waals surface area contributed by atoms with Gasteiger partial charge in [-0.15, -0.1) is 0 Å². The second-order valence-electron chi connectivity index (χ2n) is 6.89. The van der Waals surface area contributed by atoms with Crippen LogP contribution in [0.5, 0.6) is 0 Å². The number of anilines is 1. The van der Waals surface area contributed by atoms with Crippen molar-refractivity contribution in [3.8, 4) is 0 Å². The highest BCUT2D eigenvalue weighted by Crippen LogP contribution is 2.42. The van der Waals surface area contributed by atoms with Gasteiger partial charge in [-0.1, -0.05) is 61.2 Å². The molecular weight excluding hydrogens is 400 g/mol. The van der Waals surface area contributed by atoms with Gasteiger partial charge in [0.1, 0.15) is 13.2 Å². The fraction of sp³-hybridized carbons (Fsp3) is 0.217. The summed E-state index contributed by atoms with van der Waals surface area (Å²) in [6.07, 6.45) is 0.710. The average molecular weight is 422 g/mol. The molecule has 2 aromatic rings. The molecule has 8 nitrogen and oxygen atoms in total. The third-order valence-electron chi connectivity index (χ3n) is 4.90. The molecule has 3 rings (SSSR count). The van der Waals surface area contributed by atoms with E-state index in [1.807, 2.05) is 30.3 Å². The number of carbonyl (C=O) groups is 2. The molecular formula is C23H22N2O6.